The number of rotatable bonds is 7. The van der Waals surface area contributed by atoms with E-state index in [2.05, 4.69) is 29.0 Å². The first kappa shape index (κ1) is 18.7. The lowest BCUT2D eigenvalue weighted by molar-refractivity contribution is -0.130. The van der Waals surface area contributed by atoms with Crippen LogP contribution in [0.5, 0.6) is 0 Å². The Hall–Kier alpha value is -1.66. The number of aromatic nitrogens is 1. The van der Waals surface area contributed by atoms with Crippen LogP contribution >= 0.6 is 0 Å². The molecule has 1 amide bonds. The number of carbonyl (C=O) groups excluding carboxylic acids is 1. The molecule has 1 aromatic heterocycles. The van der Waals surface area contributed by atoms with Crippen molar-refractivity contribution >= 4 is 11.7 Å². The molecule has 1 aliphatic heterocycles. The maximum Gasteiger partial charge on any atom is 0.237 e. The van der Waals surface area contributed by atoms with Crippen molar-refractivity contribution in [3.05, 3.63) is 23.9 Å². The third-order valence-corrected chi connectivity index (χ3v) is 4.50. The third-order valence-electron chi connectivity index (χ3n) is 4.50. The zero-order valence-electron chi connectivity index (χ0n) is 15.3. The predicted octanol–water partition coefficient (Wildman–Crippen LogP) is 1.65. The molecule has 0 aliphatic carbocycles. The van der Waals surface area contributed by atoms with Gasteiger partial charge in [-0.1, -0.05) is 19.9 Å². The van der Waals surface area contributed by atoms with E-state index < -0.39 is 0 Å². The van der Waals surface area contributed by atoms with Crippen molar-refractivity contribution in [1.82, 2.24) is 15.2 Å². The van der Waals surface area contributed by atoms with E-state index in [4.69, 9.17) is 4.74 Å². The fourth-order valence-corrected chi connectivity index (χ4v) is 3.15. The first-order valence-corrected chi connectivity index (χ1v) is 8.81. The van der Waals surface area contributed by atoms with Crippen molar-refractivity contribution in [2.24, 2.45) is 0 Å². The van der Waals surface area contributed by atoms with Crippen LogP contribution in [0.15, 0.2) is 18.3 Å². The van der Waals surface area contributed by atoms with Crippen LogP contribution in [0.1, 0.15) is 32.3 Å². The van der Waals surface area contributed by atoms with E-state index in [1.54, 1.807) is 6.20 Å². The molecule has 2 heterocycles. The zero-order chi connectivity index (χ0) is 17.5. The second kappa shape index (κ2) is 8.99. The summed E-state index contributed by atoms with van der Waals surface area (Å²) in [5.74, 6) is 0.978. The van der Waals surface area contributed by atoms with E-state index in [-0.39, 0.29) is 18.1 Å². The third kappa shape index (κ3) is 4.68. The summed E-state index contributed by atoms with van der Waals surface area (Å²) in [6.07, 6.45) is 3.79. The smallest absolute Gasteiger partial charge is 0.237 e. The average molecular weight is 334 g/mol. The van der Waals surface area contributed by atoms with Gasteiger partial charge in [0.1, 0.15) is 5.82 Å². The number of carbonyl (C=O) groups is 1. The summed E-state index contributed by atoms with van der Waals surface area (Å²) in [5.41, 5.74) is 1.03. The number of amides is 1. The number of morpholine rings is 1. The topological polar surface area (TPSA) is 57.7 Å². The quantitative estimate of drug-likeness (QED) is 0.822. The number of pyridine rings is 1. The number of hydrogen-bond donors (Lipinski definition) is 1. The molecule has 1 aliphatic rings. The van der Waals surface area contributed by atoms with Crippen molar-refractivity contribution in [2.45, 2.75) is 45.4 Å². The summed E-state index contributed by atoms with van der Waals surface area (Å²) in [4.78, 5) is 21.3. The van der Waals surface area contributed by atoms with Gasteiger partial charge in [-0.15, -0.1) is 0 Å². The van der Waals surface area contributed by atoms with Crippen LogP contribution in [0.25, 0.3) is 0 Å². The van der Waals surface area contributed by atoms with E-state index in [1.807, 2.05) is 31.1 Å². The van der Waals surface area contributed by atoms with E-state index in [9.17, 15) is 4.79 Å². The van der Waals surface area contributed by atoms with Crippen molar-refractivity contribution in [3.63, 3.8) is 0 Å². The minimum absolute atomic E-state index is 0.0859. The Morgan fingerprint density at radius 3 is 2.96 bits per heavy atom. The Kier molecular flexibility index (Phi) is 6.99. The molecule has 2 rings (SSSR count). The van der Waals surface area contributed by atoms with Gasteiger partial charge < -0.3 is 15.0 Å². The second-order valence-electron chi connectivity index (χ2n) is 6.42. The highest BCUT2D eigenvalue weighted by Crippen LogP contribution is 2.16. The van der Waals surface area contributed by atoms with Gasteiger partial charge in [-0.2, -0.15) is 0 Å². The van der Waals surface area contributed by atoms with Gasteiger partial charge in [0.25, 0.3) is 0 Å². The number of nitrogens with one attached hydrogen (secondary N) is 1. The summed E-state index contributed by atoms with van der Waals surface area (Å²) in [6.45, 7) is 7.04. The summed E-state index contributed by atoms with van der Waals surface area (Å²) in [5, 5.41) is 3.09. The molecule has 1 saturated heterocycles. The molecule has 6 nitrogen and oxygen atoms in total. The standard InChI is InChI=1S/C18H30N4O2/c1-5-15-13-22(10-11-24-15)16(6-2)18(23)20-12-14-8-7-9-19-17(14)21(3)4/h7-9,15-16H,5-6,10-13H2,1-4H3,(H,20,23)/t15-,16-/m1/s1. The van der Waals surface area contributed by atoms with Gasteiger partial charge in [0.05, 0.1) is 18.8 Å². The maximum atomic E-state index is 12.7. The van der Waals surface area contributed by atoms with Gasteiger partial charge in [-0.25, -0.2) is 4.98 Å². The van der Waals surface area contributed by atoms with Crippen LogP contribution in [0, 0.1) is 0 Å². The highest BCUT2D eigenvalue weighted by atomic mass is 16.5. The largest absolute Gasteiger partial charge is 0.376 e. The molecule has 0 bridgehead atoms. The normalized spacial score (nSPS) is 19.8. The van der Waals surface area contributed by atoms with Crippen LogP contribution in [0.3, 0.4) is 0 Å². The number of nitrogens with zero attached hydrogens (tertiary/aromatic N) is 3. The fraction of sp³-hybridized carbons (Fsp3) is 0.667. The molecule has 24 heavy (non-hydrogen) atoms. The van der Waals surface area contributed by atoms with E-state index in [1.165, 1.54) is 0 Å². The van der Waals surface area contributed by atoms with Crippen molar-refractivity contribution in [2.75, 3.05) is 38.7 Å². The molecule has 0 radical (unpaired) electrons. The average Bonchev–Trinajstić information content (AvgIpc) is 2.61. The summed E-state index contributed by atoms with van der Waals surface area (Å²) >= 11 is 0. The number of anilines is 1. The van der Waals surface area contributed by atoms with Crippen LogP contribution in [0.2, 0.25) is 0 Å². The van der Waals surface area contributed by atoms with Crippen LogP contribution in [-0.4, -0.2) is 61.7 Å². The lowest BCUT2D eigenvalue weighted by Crippen LogP contribution is -2.53. The maximum absolute atomic E-state index is 12.7. The van der Waals surface area contributed by atoms with E-state index in [0.29, 0.717) is 13.2 Å². The SMILES string of the molecule is CC[C@@H]1CN([C@H](CC)C(=O)NCc2cccnc2N(C)C)CCO1. The number of ether oxygens (including phenoxy) is 1. The van der Waals surface area contributed by atoms with Crippen molar-refractivity contribution < 1.29 is 9.53 Å². The van der Waals surface area contributed by atoms with Gasteiger partial charge in [-0.3, -0.25) is 9.69 Å². The van der Waals surface area contributed by atoms with Gasteiger partial charge in [0.15, 0.2) is 0 Å². The van der Waals surface area contributed by atoms with Gasteiger partial charge >= 0.3 is 0 Å². The highest BCUT2D eigenvalue weighted by Gasteiger charge is 2.29. The Morgan fingerprint density at radius 1 is 1.50 bits per heavy atom. The lowest BCUT2D eigenvalue weighted by Gasteiger charge is -2.37. The van der Waals surface area contributed by atoms with Gasteiger partial charge in [0.2, 0.25) is 5.91 Å². The first-order valence-electron chi connectivity index (χ1n) is 8.81. The molecule has 1 aromatic rings. The Morgan fingerprint density at radius 2 is 2.29 bits per heavy atom. The van der Waals surface area contributed by atoms with Crippen LogP contribution in [-0.2, 0) is 16.1 Å². The molecule has 0 spiro atoms. The molecule has 1 fully saturated rings. The monoisotopic (exact) mass is 334 g/mol. The summed E-state index contributed by atoms with van der Waals surface area (Å²) < 4.78 is 5.72. The van der Waals surface area contributed by atoms with E-state index in [0.717, 1.165) is 37.3 Å². The predicted molar refractivity (Wildman–Crippen MR) is 96.1 cm³/mol. The molecule has 6 heteroatoms. The molecular formula is C18H30N4O2. The minimum Gasteiger partial charge on any atom is -0.376 e. The van der Waals surface area contributed by atoms with Gasteiger partial charge in [-0.05, 0) is 18.9 Å². The molecule has 0 aromatic carbocycles. The molecule has 134 valence electrons. The van der Waals surface area contributed by atoms with Crippen molar-refractivity contribution in [3.8, 4) is 0 Å². The van der Waals surface area contributed by atoms with Crippen LogP contribution < -0.4 is 10.2 Å². The molecular weight excluding hydrogens is 304 g/mol. The zero-order valence-corrected chi connectivity index (χ0v) is 15.3. The Balaban J connectivity index is 1.97. The highest BCUT2D eigenvalue weighted by molar-refractivity contribution is 5.81. The Bertz CT molecular complexity index is 536. The summed E-state index contributed by atoms with van der Waals surface area (Å²) in [6, 6.07) is 3.81. The molecule has 2 atom stereocenters. The van der Waals surface area contributed by atoms with E-state index >= 15 is 0 Å². The Labute approximate surface area is 145 Å². The molecule has 1 N–H and O–H groups in total. The van der Waals surface area contributed by atoms with Crippen molar-refractivity contribution in [1.29, 1.82) is 0 Å². The minimum atomic E-state index is -0.0950. The van der Waals surface area contributed by atoms with Crippen LogP contribution in [0.4, 0.5) is 5.82 Å². The summed E-state index contributed by atoms with van der Waals surface area (Å²) in [7, 11) is 3.92. The first-order chi connectivity index (χ1) is 11.6. The number of hydrogen-bond acceptors (Lipinski definition) is 5. The fourth-order valence-electron chi connectivity index (χ4n) is 3.15. The lowest BCUT2D eigenvalue weighted by atomic mass is 10.1. The van der Waals surface area contributed by atoms with Gasteiger partial charge in [0, 0.05) is 45.5 Å². The molecule has 0 saturated carbocycles. The molecule has 0 unspecified atom stereocenters. The second-order valence-corrected chi connectivity index (χ2v) is 6.42.